The lowest BCUT2D eigenvalue weighted by atomic mass is 10.2. The van der Waals surface area contributed by atoms with E-state index in [-0.39, 0.29) is 10.9 Å². The number of hydrogen-bond acceptors (Lipinski definition) is 2. The van der Waals surface area contributed by atoms with Crippen molar-refractivity contribution in [2.24, 2.45) is 0 Å². The molecule has 0 spiro atoms. The van der Waals surface area contributed by atoms with Crippen molar-refractivity contribution in [1.29, 1.82) is 0 Å². The highest BCUT2D eigenvalue weighted by atomic mass is 35.5. The zero-order valence-electron chi connectivity index (χ0n) is 8.64. The van der Waals surface area contributed by atoms with Crippen molar-refractivity contribution in [2.45, 2.75) is 0 Å². The van der Waals surface area contributed by atoms with Crippen LogP contribution in [0.1, 0.15) is 10.4 Å². The van der Waals surface area contributed by atoms with E-state index in [0.717, 1.165) is 11.3 Å². The average Bonchev–Trinajstić information content (AvgIpc) is 2.64. The van der Waals surface area contributed by atoms with Gasteiger partial charge in [0.25, 0.3) is 5.91 Å². The zero-order valence-corrected chi connectivity index (χ0v) is 12.5. The van der Waals surface area contributed by atoms with E-state index in [1.165, 1.54) is 6.07 Å². The quantitative estimate of drug-likeness (QED) is 0.755. The molecule has 0 saturated heterocycles. The summed E-state index contributed by atoms with van der Waals surface area (Å²) < 4.78 is 0.776. The van der Waals surface area contributed by atoms with Crippen molar-refractivity contribution in [1.82, 2.24) is 0 Å². The molecule has 1 amide bonds. The summed E-state index contributed by atoms with van der Waals surface area (Å²) in [6.45, 7) is 0. The molecule has 18 heavy (non-hydrogen) atoms. The Labute approximate surface area is 127 Å². The molecule has 1 aromatic heterocycles. The number of nitrogens with one attached hydrogen (secondary N) is 1. The molecule has 1 heterocycles. The van der Waals surface area contributed by atoms with Crippen LogP contribution in [0.5, 0.6) is 0 Å². The Morgan fingerprint density at radius 3 is 2.50 bits per heavy atom. The molecule has 1 aromatic carbocycles. The summed E-state index contributed by atoms with van der Waals surface area (Å²) in [6, 6.07) is 6.47. The largest absolute Gasteiger partial charge is 0.321 e. The predicted molar refractivity (Wildman–Crippen MR) is 78.8 cm³/mol. The Hall–Kier alpha value is -0.450. The van der Waals surface area contributed by atoms with Gasteiger partial charge in [0.15, 0.2) is 0 Å². The van der Waals surface area contributed by atoms with Crippen LogP contribution in [-0.2, 0) is 0 Å². The molecule has 0 aliphatic rings. The van der Waals surface area contributed by atoms with Crippen LogP contribution in [0.2, 0.25) is 18.7 Å². The molecule has 0 radical (unpaired) electrons. The highest BCUT2D eigenvalue weighted by Gasteiger charge is 2.15. The zero-order chi connectivity index (χ0) is 13.3. The van der Waals surface area contributed by atoms with Crippen LogP contribution in [0.4, 0.5) is 5.69 Å². The van der Waals surface area contributed by atoms with Crippen molar-refractivity contribution in [3.63, 3.8) is 0 Å². The number of anilines is 1. The normalized spacial score (nSPS) is 10.4. The Morgan fingerprint density at radius 2 is 1.89 bits per heavy atom. The van der Waals surface area contributed by atoms with Crippen molar-refractivity contribution in [3.8, 4) is 0 Å². The number of benzene rings is 1. The van der Waals surface area contributed by atoms with Crippen molar-refractivity contribution in [2.75, 3.05) is 5.32 Å². The molecule has 0 aliphatic heterocycles. The van der Waals surface area contributed by atoms with Crippen molar-refractivity contribution < 1.29 is 4.79 Å². The van der Waals surface area contributed by atoms with Crippen LogP contribution in [0.25, 0.3) is 0 Å². The average molecular weight is 341 g/mol. The third kappa shape index (κ3) is 2.92. The number of rotatable bonds is 2. The van der Waals surface area contributed by atoms with E-state index in [0.29, 0.717) is 24.9 Å². The first-order chi connectivity index (χ1) is 8.49. The number of hydrogen-bond donors (Lipinski definition) is 1. The topological polar surface area (TPSA) is 29.1 Å². The van der Waals surface area contributed by atoms with Gasteiger partial charge in [0.1, 0.15) is 4.34 Å². The summed E-state index contributed by atoms with van der Waals surface area (Å²) in [5.74, 6) is -0.382. The van der Waals surface area contributed by atoms with Gasteiger partial charge in [0.05, 0.1) is 25.6 Å². The number of carbonyl (C=O) groups excluding carboxylic acids is 1. The van der Waals surface area contributed by atoms with E-state index in [1.807, 2.05) is 0 Å². The van der Waals surface area contributed by atoms with Gasteiger partial charge in [-0.15, -0.1) is 11.3 Å². The first-order valence-electron chi connectivity index (χ1n) is 4.69. The summed E-state index contributed by atoms with van der Waals surface area (Å²) in [5, 5.41) is 3.28. The van der Waals surface area contributed by atoms with Gasteiger partial charge in [-0.3, -0.25) is 4.79 Å². The maximum Gasteiger partial charge on any atom is 0.258 e. The number of amides is 1. The molecule has 7 heteroatoms. The van der Waals surface area contributed by atoms with Gasteiger partial charge in [0.2, 0.25) is 0 Å². The van der Waals surface area contributed by atoms with E-state index >= 15 is 0 Å². The smallest absolute Gasteiger partial charge is 0.258 e. The summed E-state index contributed by atoms with van der Waals surface area (Å²) in [7, 11) is 0. The van der Waals surface area contributed by atoms with Crippen molar-refractivity contribution in [3.05, 3.63) is 48.5 Å². The maximum atomic E-state index is 12.0. The number of halogens is 4. The summed E-state index contributed by atoms with van der Waals surface area (Å²) in [6.07, 6.45) is 0. The molecule has 2 nitrogen and oxygen atoms in total. The molecular formula is C11H5Cl4NOS. The highest BCUT2D eigenvalue weighted by molar-refractivity contribution is 7.20. The predicted octanol–water partition coefficient (Wildman–Crippen LogP) is 5.61. The first kappa shape index (κ1) is 14.0. The second-order valence-electron chi connectivity index (χ2n) is 3.29. The van der Waals surface area contributed by atoms with E-state index in [2.05, 4.69) is 5.32 Å². The van der Waals surface area contributed by atoms with Crippen LogP contribution in [0.15, 0.2) is 24.3 Å². The summed E-state index contributed by atoms with van der Waals surface area (Å²) in [4.78, 5) is 12.0. The Balaban J connectivity index is 2.27. The molecule has 2 aromatic rings. The van der Waals surface area contributed by atoms with E-state index in [1.54, 1.807) is 18.2 Å². The fourth-order valence-electron chi connectivity index (χ4n) is 1.29. The molecule has 0 saturated carbocycles. The lowest BCUT2D eigenvalue weighted by molar-refractivity contribution is 0.102. The van der Waals surface area contributed by atoms with E-state index in [4.69, 9.17) is 46.4 Å². The number of thiophene rings is 1. The summed E-state index contributed by atoms with van der Waals surface area (Å²) in [5.41, 5.74) is 0.732. The standard InChI is InChI=1S/C11H5Cl4NOS/c12-6-2-1-3-7(9(6)14)16-11(17)5-4-8(13)18-10(5)15/h1-4H,(H,16,17). The third-order valence-electron chi connectivity index (χ3n) is 2.10. The van der Waals surface area contributed by atoms with Gasteiger partial charge in [-0.25, -0.2) is 0 Å². The van der Waals surface area contributed by atoms with E-state index in [9.17, 15) is 4.79 Å². The molecule has 0 atom stereocenters. The molecular weight excluding hydrogens is 336 g/mol. The highest BCUT2D eigenvalue weighted by Crippen LogP contribution is 2.33. The molecule has 94 valence electrons. The summed E-state index contributed by atoms with van der Waals surface area (Å²) >= 11 is 24.6. The molecule has 0 fully saturated rings. The maximum absolute atomic E-state index is 12.0. The Morgan fingerprint density at radius 1 is 1.17 bits per heavy atom. The van der Waals surface area contributed by atoms with Crippen molar-refractivity contribution >= 4 is 69.3 Å². The Kier molecular flexibility index (Phi) is 4.41. The van der Waals surface area contributed by atoms with E-state index < -0.39 is 0 Å². The molecule has 2 rings (SSSR count). The molecule has 0 bridgehead atoms. The lowest BCUT2D eigenvalue weighted by Crippen LogP contribution is -2.11. The fraction of sp³-hybridized carbons (Fsp3) is 0. The minimum absolute atomic E-state index is 0.282. The monoisotopic (exact) mass is 339 g/mol. The Bertz CT molecular complexity index is 611. The molecule has 0 unspecified atom stereocenters. The molecule has 0 aliphatic carbocycles. The van der Waals surface area contributed by atoms with Crippen LogP contribution >= 0.6 is 57.7 Å². The van der Waals surface area contributed by atoms with Crippen LogP contribution in [-0.4, -0.2) is 5.91 Å². The van der Waals surface area contributed by atoms with Gasteiger partial charge in [-0.1, -0.05) is 52.5 Å². The molecule has 1 N–H and O–H groups in total. The second-order valence-corrected chi connectivity index (χ2v) is 6.36. The minimum atomic E-state index is -0.382. The van der Waals surface area contributed by atoms with Gasteiger partial charge in [-0.2, -0.15) is 0 Å². The number of carbonyl (C=O) groups is 1. The van der Waals surface area contributed by atoms with Gasteiger partial charge < -0.3 is 5.32 Å². The van der Waals surface area contributed by atoms with Crippen LogP contribution in [0.3, 0.4) is 0 Å². The van der Waals surface area contributed by atoms with Crippen LogP contribution in [0, 0.1) is 0 Å². The second kappa shape index (κ2) is 5.68. The lowest BCUT2D eigenvalue weighted by Gasteiger charge is -2.07. The third-order valence-corrected chi connectivity index (χ3v) is 4.41. The first-order valence-corrected chi connectivity index (χ1v) is 7.02. The fourth-order valence-corrected chi connectivity index (χ4v) is 3.09. The van der Waals surface area contributed by atoms with Gasteiger partial charge in [-0.05, 0) is 18.2 Å². The van der Waals surface area contributed by atoms with Crippen LogP contribution < -0.4 is 5.32 Å². The minimum Gasteiger partial charge on any atom is -0.321 e. The SMILES string of the molecule is O=C(Nc1cccc(Cl)c1Cl)c1cc(Cl)sc1Cl. The van der Waals surface area contributed by atoms with Gasteiger partial charge in [0, 0.05) is 0 Å². The van der Waals surface area contributed by atoms with Gasteiger partial charge >= 0.3 is 0 Å².